The predicted molar refractivity (Wildman–Crippen MR) is 104 cm³/mol. The topological polar surface area (TPSA) is 18.5 Å². The van der Waals surface area contributed by atoms with Crippen LogP contribution in [0.25, 0.3) is 0 Å². The first-order chi connectivity index (χ1) is 10.4. The molecular weight excluding hydrogens is 397 g/mol. The molecule has 22 heavy (non-hydrogen) atoms. The average Bonchev–Trinajstić information content (AvgIpc) is 2.43. The molecule has 0 unspecified atom stereocenters. The lowest BCUT2D eigenvalue weighted by molar-refractivity contribution is 0.502. The maximum absolute atomic E-state index is 6.02. The van der Waals surface area contributed by atoms with E-state index in [1.807, 2.05) is 62.4 Å². The van der Waals surface area contributed by atoms with Gasteiger partial charge < -0.3 is 9.05 Å². The molecule has 0 saturated carbocycles. The van der Waals surface area contributed by atoms with E-state index >= 15 is 0 Å². The highest BCUT2D eigenvalue weighted by atomic mass is 35.9. The van der Waals surface area contributed by atoms with Gasteiger partial charge in [0.2, 0.25) is 0 Å². The average molecular weight is 411 g/mol. The van der Waals surface area contributed by atoms with E-state index in [1.165, 1.54) is 11.0 Å². The molecule has 2 nitrogen and oxygen atoms in total. The number of benzene rings is 2. The highest BCUT2D eigenvalue weighted by Crippen LogP contribution is 2.77. The van der Waals surface area contributed by atoms with E-state index in [-0.39, 0.29) is 0 Å². The molecule has 0 radical (unpaired) electrons. The normalized spacial score (nSPS) is 11.5. The van der Waals surface area contributed by atoms with Gasteiger partial charge in [0.15, 0.2) is 5.83 Å². The van der Waals surface area contributed by atoms with Crippen molar-refractivity contribution in [3.8, 4) is 11.5 Å². The van der Waals surface area contributed by atoms with Crippen LogP contribution in [0.4, 0.5) is 0 Å². The summed E-state index contributed by atoms with van der Waals surface area (Å²) in [5, 5.41) is 0. The number of rotatable bonds is 6. The maximum Gasteiger partial charge on any atom is 0.355 e. The molecule has 0 atom stereocenters. The summed E-state index contributed by atoms with van der Waals surface area (Å²) in [5.74, 6) is 0.0397. The van der Waals surface area contributed by atoms with Crippen LogP contribution in [0.3, 0.4) is 0 Å². The zero-order valence-corrected chi connectivity index (χ0v) is 16.8. The summed E-state index contributed by atoms with van der Waals surface area (Å²) in [6.07, 6.45) is 0. The molecule has 2 rings (SSSR count). The van der Waals surface area contributed by atoms with Crippen molar-refractivity contribution < 1.29 is 9.05 Å². The van der Waals surface area contributed by atoms with Crippen molar-refractivity contribution in [1.82, 2.24) is 0 Å². The Labute approximate surface area is 150 Å². The van der Waals surface area contributed by atoms with Gasteiger partial charge in [-0.1, -0.05) is 58.9 Å². The first-order valence-electron chi connectivity index (χ1n) is 6.31. The largest absolute Gasteiger partial charge is 0.428 e. The zero-order chi connectivity index (χ0) is 16.2. The van der Waals surface area contributed by atoms with E-state index in [9.17, 15) is 0 Å². The van der Waals surface area contributed by atoms with Gasteiger partial charge in [0, 0.05) is 22.8 Å². The van der Waals surface area contributed by atoms with Gasteiger partial charge in [-0.2, -0.15) is 0 Å². The molecule has 0 bridgehead atoms. The number of hydrogen-bond donors (Lipinski definition) is 0. The lowest BCUT2D eigenvalue weighted by atomic mass is 10.2. The number of aryl methyl sites for hydroxylation is 2. The van der Waals surface area contributed by atoms with Crippen LogP contribution in [0.15, 0.2) is 48.5 Å². The first kappa shape index (κ1) is 18.4. The Morgan fingerprint density at radius 1 is 0.909 bits per heavy atom. The van der Waals surface area contributed by atoms with Crippen molar-refractivity contribution in [2.75, 3.05) is 0 Å². The van der Waals surface area contributed by atoms with Crippen LogP contribution in [-0.2, 0) is 11.8 Å². The molecule has 2 aromatic rings. The molecule has 0 fully saturated rings. The minimum absolute atomic E-state index is 0.692. The predicted octanol–water partition coefficient (Wildman–Crippen LogP) is 7.42. The molecule has 0 aliphatic rings. The Balaban J connectivity index is 2.30. The molecule has 2 aromatic carbocycles. The molecular formula is C14H14Cl2O2P2S2. The standard InChI is InChI=1S/C14H14Cl2O2P2S2/c1-11-7-3-5-9-13(11)17-20(21,22-19(15)16)18-14-10-6-4-8-12(14)2/h3-10H,1-2H3. The van der Waals surface area contributed by atoms with Gasteiger partial charge in [0.25, 0.3) is 0 Å². The highest BCUT2D eigenvalue weighted by Gasteiger charge is 2.29. The van der Waals surface area contributed by atoms with E-state index in [0.29, 0.717) is 11.5 Å². The van der Waals surface area contributed by atoms with Gasteiger partial charge in [-0.15, -0.1) is 0 Å². The third kappa shape index (κ3) is 5.30. The Hall–Kier alpha value is 0.0500. The monoisotopic (exact) mass is 410 g/mol. The lowest BCUT2D eigenvalue weighted by Gasteiger charge is -2.24. The fraction of sp³-hybridized carbons (Fsp3) is 0.143. The summed E-state index contributed by atoms with van der Waals surface area (Å²) in [6, 6.07) is 15.3. The van der Waals surface area contributed by atoms with Crippen molar-refractivity contribution >= 4 is 56.8 Å². The summed E-state index contributed by atoms with van der Waals surface area (Å²) < 4.78 is 12.0. The summed E-state index contributed by atoms with van der Waals surface area (Å²) in [4.78, 5) is 0. The van der Waals surface area contributed by atoms with Crippen LogP contribution < -0.4 is 9.05 Å². The second-order valence-electron chi connectivity index (χ2n) is 4.44. The molecule has 0 aromatic heterocycles. The summed E-state index contributed by atoms with van der Waals surface area (Å²) in [6.45, 7) is 3.91. The summed E-state index contributed by atoms with van der Waals surface area (Å²) in [5.41, 5.74) is -0.788. The zero-order valence-electron chi connectivity index (χ0n) is 11.9. The SMILES string of the molecule is Cc1ccccc1OP(=S)(Oc1ccccc1C)SP(Cl)Cl. The highest BCUT2D eigenvalue weighted by molar-refractivity contribution is 8.98. The number of halogens is 2. The van der Waals surface area contributed by atoms with E-state index in [1.54, 1.807) is 0 Å². The van der Waals surface area contributed by atoms with E-state index in [0.717, 1.165) is 11.1 Å². The summed E-state index contributed by atoms with van der Waals surface area (Å²) >= 11 is 18.8. The molecule has 0 aliphatic carbocycles. The van der Waals surface area contributed by atoms with Crippen molar-refractivity contribution in [3.63, 3.8) is 0 Å². The van der Waals surface area contributed by atoms with Crippen molar-refractivity contribution in [2.24, 2.45) is 0 Å². The summed E-state index contributed by atoms with van der Waals surface area (Å²) in [7, 11) is 0. The van der Waals surface area contributed by atoms with Crippen LogP contribution in [0, 0.1) is 13.8 Å². The molecule has 0 N–H and O–H groups in total. The molecule has 0 amide bonds. The van der Waals surface area contributed by atoms with Crippen molar-refractivity contribution in [2.45, 2.75) is 13.8 Å². The molecule has 0 spiro atoms. The minimum atomic E-state index is -2.76. The molecule has 0 aliphatic heterocycles. The Bertz CT molecular complexity index is 647. The van der Waals surface area contributed by atoms with Gasteiger partial charge in [-0.05, 0) is 37.1 Å². The second kappa shape index (κ2) is 8.24. The van der Waals surface area contributed by atoms with E-state index in [4.69, 9.17) is 43.3 Å². The van der Waals surface area contributed by atoms with Crippen LogP contribution >= 0.6 is 45.0 Å². The van der Waals surface area contributed by atoms with Crippen molar-refractivity contribution in [1.29, 1.82) is 0 Å². The second-order valence-corrected chi connectivity index (χ2v) is 16.7. The minimum Gasteiger partial charge on any atom is -0.428 e. The van der Waals surface area contributed by atoms with Crippen molar-refractivity contribution in [3.05, 3.63) is 59.7 Å². The van der Waals surface area contributed by atoms with E-state index < -0.39 is 11.5 Å². The quantitative estimate of drug-likeness (QED) is 0.460. The molecule has 0 saturated heterocycles. The van der Waals surface area contributed by atoms with Crippen LogP contribution in [-0.4, -0.2) is 0 Å². The van der Waals surface area contributed by atoms with Crippen LogP contribution in [0.5, 0.6) is 11.5 Å². The molecule has 118 valence electrons. The molecule has 0 heterocycles. The maximum atomic E-state index is 6.02. The smallest absolute Gasteiger partial charge is 0.355 e. The molecule has 8 heteroatoms. The third-order valence-electron chi connectivity index (χ3n) is 2.77. The van der Waals surface area contributed by atoms with Gasteiger partial charge in [-0.25, -0.2) is 0 Å². The van der Waals surface area contributed by atoms with Gasteiger partial charge in [-0.3, -0.25) is 0 Å². The number of hydrogen-bond acceptors (Lipinski definition) is 4. The Kier molecular flexibility index (Phi) is 6.89. The van der Waals surface area contributed by atoms with Gasteiger partial charge >= 0.3 is 5.69 Å². The van der Waals surface area contributed by atoms with Gasteiger partial charge in [0.1, 0.15) is 11.5 Å². The fourth-order valence-electron chi connectivity index (χ4n) is 1.69. The number of para-hydroxylation sites is 2. The lowest BCUT2D eigenvalue weighted by Crippen LogP contribution is -1.99. The van der Waals surface area contributed by atoms with E-state index in [2.05, 4.69) is 0 Å². The van der Waals surface area contributed by atoms with Crippen LogP contribution in [0.1, 0.15) is 11.1 Å². The first-order valence-corrected chi connectivity index (χ1v) is 14.1. The third-order valence-corrected chi connectivity index (χ3v) is 13.8. The fourth-order valence-corrected chi connectivity index (χ4v) is 14.6. The van der Waals surface area contributed by atoms with Gasteiger partial charge in [0.05, 0.1) is 0 Å². The Morgan fingerprint density at radius 2 is 1.32 bits per heavy atom. The van der Waals surface area contributed by atoms with Crippen LogP contribution in [0.2, 0.25) is 0 Å². The Morgan fingerprint density at radius 3 is 1.68 bits per heavy atom.